The highest BCUT2D eigenvalue weighted by Crippen LogP contribution is 2.56. The van der Waals surface area contributed by atoms with Crippen molar-refractivity contribution in [3.63, 3.8) is 0 Å². The molecule has 74 valence electrons. The van der Waals surface area contributed by atoms with E-state index in [2.05, 4.69) is 0 Å². The summed E-state index contributed by atoms with van der Waals surface area (Å²) >= 11 is 0. The summed E-state index contributed by atoms with van der Waals surface area (Å²) in [6.45, 7) is 0.636. The second-order valence-electron chi connectivity index (χ2n) is 4.79. The molecule has 2 aliphatic rings. The van der Waals surface area contributed by atoms with Crippen LogP contribution in [-0.2, 0) is 4.79 Å². The minimum atomic E-state index is -0.182. The quantitative estimate of drug-likeness (QED) is 0.672. The molecule has 0 heterocycles. The van der Waals surface area contributed by atoms with Crippen LogP contribution in [0, 0.1) is 17.3 Å². The summed E-state index contributed by atoms with van der Waals surface area (Å²) in [7, 11) is 0. The molecule has 0 spiro atoms. The first-order valence-corrected chi connectivity index (χ1v) is 5.15. The number of amides is 1. The van der Waals surface area contributed by atoms with Gasteiger partial charge in [0.1, 0.15) is 0 Å². The van der Waals surface area contributed by atoms with E-state index in [-0.39, 0.29) is 11.3 Å². The van der Waals surface area contributed by atoms with Crippen molar-refractivity contribution in [2.24, 2.45) is 28.7 Å². The summed E-state index contributed by atoms with van der Waals surface area (Å²) in [5.74, 6) is 1.32. The molecule has 2 bridgehead atoms. The Morgan fingerprint density at radius 2 is 2.23 bits per heavy atom. The molecule has 0 aromatic rings. The molecule has 0 saturated heterocycles. The molecule has 0 radical (unpaired) electrons. The number of primary amides is 1. The van der Waals surface area contributed by atoms with E-state index in [0.717, 1.165) is 12.3 Å². The van der Waals surface area contributed by atoms with Gasteiger partial charge in [0.05, 0.1) is 0 Å². The van der Waals surface area contributed by atoms with E-state index in [0.29, 0.717) is 18.9 Å². The van der Waals surface area contributed by atoms with E-state index in [9.17, 15) is 4.79 Å². The van der Waals surface area contributed by atoms with Crippen LogP contribution in [0.1, 0.15) is 32.1 Å². The standard InChI is InChI=1S/C10H18N2O/c11-6-10(5-9(12)13)4-7-1-2-8(10)3-7/h7-8H,1-6,11H2,(H2,12,13). The average molecular weight is 182 g/mol. The summed E-state index contributed by atoms with van der Waals surface area (Å²) in [6, 6.07) is 0. The minimum absolute atomic E-state index is 0.0781. The predicted molar refractivity (Wildman–Crippen MR) is 50.7 cm³/mol. The van der Waals surface area contributed by atoms with Gasteiger partial charge in [0.15, 0.2) is 0 Å². The molecule has 4 N–H and O–H groups in total. The summed E-state index contributed by atoms with van der Waals surface area (Å²) < 4.78 is 0. The fraction of sp³-hybridized carbons (Fsp3) is 0.900. The van der Waals surface area contributed by atoms with Crippen LogP contribution in [0.4, 0.5) is 0 Å². The van der Waals surface area contributed by atoms with Crippen LogP contribution in [0.3, 0.4) is 0 Å². The number of rotatable bonds is 3. The van der Waals surface area contributed by atoms with Gasteiger partial charge in [-0.1, -0.05) is 6.42 Å². The third kappa shape index (κ3) is 1.35. The lowest BCUT2D eigenvalue weighted by Crippen LogP contribution is -2.39. The Hall–Kier alpha value is -0.570. The molecule has 13 heavy (non-hydrogen) atoms. The highest BCUT2D eigenvalue weighted by Gasteiger charge is 2.50. The third-order valence-corrected chi connectivity index (χ3v) is 4.04. The van der Waals surface area contributed by atoms with Crippen molar-refractivity contribution in [3.8, 4) is 0 Å². The summed E-state index contributed by atoms with van der Waals surface area (Å²) in [4.78, 5) is 11.0. The van der Waals surface area contributed by atoms with Gasteiger partial charge in [0, 0.05) is 6.42 Å². The Balaban J connectivity index is 2.12. The van der Waals surface area contributed by atoms with Crippen LogP contribution in [0.5, 0.6) is 0 Å². The van der Waals surface area contributed by atoms with Crippen LogP contribution in [0.15, 0.2) is 0 Å². The molecule has 3 atom stereocenters. The highest BCUT2D eigenvalue weighted by molar-refractivity contribution is 5.74. The molecule has 2 rings (SSSR count). The molecule has 3 nitrogen and oxygen atoms in total. The van der Waals surface area contributed by atoms with Crippen molar-refractivity contribution in [1.82, 2.24) is 0 Å². The van der Waals surface area contributed by atoms with Crippen LogP contribution < -0.4 is 11.5 Å². The Morgan fingerprint density at radius 3 is 2.62 bits per heavy atom. The van der Waals surface area contributed by atoms with Crippen molar-refractivity contribution in [3.05, 3.63) is 0 Å². The maximum Gasteiger partial charge on any atom is 0.218 e. The fourth-order valence-corrected chi connectivity index (χ4v) is 3.44. The highest BCUT2D eigenvalue weighted by atomic mass is 16.1. The fourth-order valence-electron chi connectivity index (χ4n) is 3.44. The molecule has 2 fully saturated rings. The van der Waals surface area contributed by atoms with E-state index >= 15 is 0 Å². The van der Waals surface area contributed by atoms with Crippen molar-refractivity contribution in [2.45, 2.75) is 32.1 Å². The molecule has 2 saturated carbocycles. The second-order valence-corrected chi connectivity index (χ2v) is 4.79. The van der Waals surface area contributed by atoms with Crippen molar-refractivity contribution in [1.29, 1.82) is 0 Å². The largest absolute Gasteiger partial charge is 0.370 e. The summed E-state index contributed by atoms with van der Waals surface area (Å²) in [5, 5.41) is 0. The van der Waals surface area contributed by atoms with Crippen molar-refractivity contribution >= 4 is 5.91 Å². The van der Waals surface area contributed by atoms with E-state index in [1.165, 1.54) is 19.3 Å². The van der Waals surface area contributed by atoms with E-state index < -0.39 is 0 Å². The van der Waals surface area contributed by atoms with E-state index in [1.807, 2.05) is 0 Å². The normalized spacial score (nSPS) is 42.5. The number of carbonyl (C=O) groups excluding carboxylic acids is 1. The smallest absolute Gasteiger partial charge is 0.218 e. The molecule has 3 unspecified atom stereocenters. The van der Waals surface area contributed by atoms with Crippen molar-refractivity contribution < 1.29 is 4.79 Å². The molecule has 2 aliphatic carbocycles. The van der Waals surface area contributed by atoms with Gasteiger partial charge in [-0.3, -0.25) is 4.79 Å². The SMILES string of the molecule is NCC1(CC(N)=O)CC2CCC1C2. The van der Waals surface area contributed by atoms with E-state index in [1.54, 1.807) is 0 Å². The molecule has 3 heteroatoms. The van der Waals surface area contributed by atoms with Gasteiger partial charge < -0.3 is 11.5 Å². The van der Waals surface area contributed by atoms with Gasteiger partial charge >= 0.3 is 0 Å². The Morgan fingerprint density at radius 1 is 1.46 bits per heavy atom. The van der Waals surface area contributed by atoms with Gasteiger partial charge in [-0.25, -0.2) is 0 Å². The zero-order valence-electron chi connectivity index (χ0n) is 7.96. The number of carbonyl (C=O) groups is 1. The zero-order valence-corrected chi connectivity index (χ0v) is 7.96. The molecule has 0 aromatic heterocycles. The van der Waals surface area contributed by atoms with Gasteiger partial charge in [0.2, 0.25) is 5.91 Å². The lowest BCUT2D eigenvalue weighted by atomic mass is 9.71. The minimum Gasteiger partial charge on any atom is -0.370 e. The predicted octanol–water partition coefficient (Wildman–Crippen LogP) is 0.627. The van der Waals surface area contributed by atoms with Crippen LogP contribution in [0.2, 0.25) is 0 Å². The maximum absolute atomic E-state index is 11.0. The van der Waals surface area contributed by atoms with Crippen LogP contribution in [-0.4, -0.2) is 12.5 Å². The van der Waals surface area contributed by atoms with Gasteiger partial charge in [-0.2, -0.15) is 0 Å². The number of hydrogen-bond donors (Lipinski definition) is 2. The molecule has 0 aliphatic heterocycles. The topological polar surface area (TPSA) is 69.1 Å². The monoisotopic (exact) mass is 182 g/mol. The zero-order chi connectivity index (χ0) is 9.47. The lowest BCUT2D eigenvalue weighted by molar-refractivity contribution is -0.121. The number of nitrogens with two attached hydrogens (primary N) is 2. The molecular weight excluding hydrogens is 164 g/mol. The lowest BCUT2D eigenvalue weighted by Gasteiger charge is -2.35. The molecule has 1 amide bonds. The molecular formula is C10H18N2O. The van der Waals surface area contributed by atoms with Crippen LogP contribution in [0.25, 0.3) is 0 Å². The molecule has 0 aromatic carbocycles. The number of fused-ring (bicyclic) bond motifs is 2. The first-order chi connectivity index (χ1) is 6.16. The Bertz CT molecular complexity index is 229. The van der Waals surface area contributed by atoms with Gasteiger partial charge in [0.25, 0.3) is 0 Å². The van der Waals surface area contributed by atoms with E-state index in [4.69, 9.17) is 11.5 Å². The van der Waals surface area contributed by atoms with Gasteiger partial charge in [-0.15, -0.1) is 0 Å². The van der Waals surface area contributed by atoms with Crippen LogP contribution >= 0.6 is 0 Å². The number of hydrogen-bond acceptors (Lipinski definition) is 2. The maximum atomic E-state index is 11.0. The Labute approximate surface area is 78.9 Å². The second kappa shape index (κ2) is 2.98. The van der Waals surface area contributed by atoms with Gasteiger partial charge in [-0.05, 0) is 43.1 Å². The first kappa shape index (κ1) is 9.00. The summed E-state index contributed by atoms with van der Waals surface area (Å²) in [6.07, 6.45) is 5.52. The first-order valence-electron chi connectivity index (χ1n) is 5.15. The third-order valence-electron chi connectivity index (χ3n) is 4.04. The average Bonchev–Trinajstić information content (AvgIpc) is 2.62. The Kier molecular flexibility index (Phi) is 2.06. The van der Waals surface area contributed by atoms with Crippen molar-refractivity contribution in [2.75, 3.05) is 6.54 Å². The summed E-state index contributed by atoms with van der Waals surface area (Å²) in [5.41, 5.74) is 11.1.